The van der Waals surface area contributed by atoms with Crippen molar-refractivity contribution >= 4 is 17.8 Å². The molecule has 0 radical (unpaired) electrons. The number of benzene rings is 1. The molecule has 1 N–H and O–H groups in total. The molecule has 1 aliphatic rings. The number of carbonyl (C=O) groups excluding carboxylic acids is 1. The minimum absolute atomic E-state index is 0.00285. The number of hydrogen-bond acceptors (Lipinski definition) is 4. The van der Waals surface area contributed by atoms with Crippen molar-refractivity contribution in [1.29, 1.82) is 0 Å². The molecule has 5 heteroatoms. The Morgan fingerprint density at radius 3 is 2.88 bits per heavy atom. The highest BCUT2D eigenvalue weighted by molar-refractivity contribution is 5.91. The SMILES string of the molecule is CNc1cccc(C2CN(C(=O)/C=C/c3ccccc3)CCO2)n1. The molecule has 1 unspecified atom stereocenters. The van der Waals surface area contributed by atoms with Gasteiger partial charge in [-0.1, -0.05) is 36.4 Å². The first-order valence-corrected chi connectivity index (χ1v) is 8.04. The summed E-state index contributed by atoms with van der Waals surface area (Å²) in [6.45, 7) is 1.62. The van der Waals surface area contributed by atoms with E-state index in [1.165, 1.54) is 0 Å². The fourth-order valence-corrected chi connectivity index (χ4v) is 2.64. The highest BCUT2D eigenvalue weighted by atomic mass is 16.5. The predicted octanol–water partition coefficient (Wildman–Crippen LogP) is 2.74. The van der Waals surface area contributed by atoms with Gasteiger partial charge in [-0.2, -0.15) is 0 Å². The fourth-order valence-electron chi connectivity index (χ4n) is 2.64. The second-order valence-corrected chi connectivity index (χ2v) is 5.59. The molecule has 1 fully saturated rings. The number of carbonyl (C=O) groups is 1. The normalized spacial score (nSPS) is 17.9. The van der Waals surface area contributed by atoms with Gasteiger partial charge in [0.25, 0.3) is 0 Å². The average molecular weight is 323 g/mol. The molecular formula is C19H21N3O2. The smallest absolute Gasteiger partial charge is 0.246 e. The van der Waals surface area contributed by atoms with Gasteiger partial charge >= 0.3 is 0 Å². The van der Waals surface area contributed by atoms with Gasteiger partial charge in [-0.15, -0.1) is 0 Å². The molecule has 1 atom stereocenters. The number of amides is 1. The van der Waals surface area contributed by atoms with E-state index >= 15 is 0 Å². The zero-order chi connectivity index (χ0) is 16.8. The second kappa shape index (κ2) is 7.75. The van der Waals surface area contributed by atoms with Crippen molar-refractivity contribution in [3.8, 4) is 0 Å². The van der Waals surface area contributed by atoms with Crippen LogP contribution in [0, 0.1) is 0 Å². The average Bonchev–Trinajstić information content (AvgIpc) is 2.67. The summed E-state index contributed by atoms with van der Waals surface area (Å²) >= 11 is 0. The molecule has 1 aromatic carbocycles. The van der Waals surface area contributed by atoms with Gasteiger partial charge in [-0.3, -0.25) is 4.79 Å². The maximum Gasteiger partial charge on any atom is 0.246 e. The summed E-state index contributed by atoms with van der Waals surface area (Å²) in [5, 5.41) is 3.02. The summed E-state index contributed by atoms with van der Waals surface area (Å²) in [5.41, 5.74) is 1.85. The zero-order valence-electron chi connectivity index (χ0n) is 13.7. The van der Waals surface area contributed by atoms with E-state index in [1.807, 2.05) is 61.7 Å². The first kappa shape index (κ1) is 16.2. The van der Waals surface area contributed by atoms with Crippen molar-refractivity contribution in [1.82, 2.24) is 9.88 Å². The molecule has 3 rings (SSSR count). The molecule has 1 amide bonds. The molecule has 0 saturated carbocycles. The largest absolute Gasteiger partial charge is 0.373 e. The van der Waals surface area contributed by atoms with Crippen molar-refractivity contribution in [3.05, 3.63) is 65.9 Å². The number of nitrogens with zero attached hydrogens (tertiary/aromatic N) is 2. The third kappa shape index (κ3) is 4.00. The Balaban J connectivity index is 1.66. The summed E-state index contributed by atoms with van der Waals surface area (Å²) in [6.07, 6.45) is 3.27. The minimum atomic E-state index is -0.193. The van der Waals surface area contributed by atoms with Gasteiger partial charge in [0.15, 0.2) is 0 Å². The van der Waals surface area contributed by atoms with Gasteiger partial charge in [0, 0.05) is 19.7 Å². The van der Waals surface area contributed by atoms with Crippen LogP contribution in [-0.2, 0) is 9.53 Å². The van der Waals surface area contributed by atoms with E-state index in [0.717, 1.165) is 17.1 Å². The number of ether oxygens (including phenoxy) is 1. The zero-order valence-corrected chi connectivity index (χ0v) is 13.7. The highest BCUT2D eigenvalue weighted by Crippen LogP contribution is 2.22. The highest BCUT2D eigenvalue weighted by Gasteiger charge is 2.25. The number of anilines is 1. The van der Waals surface area contributed by atoms with Crippen molar-refractivity contribution in [2.24, 2.45) is 0 Å². The Hall–Kier alpha value is -2.66. The quantitative estimate of drug-likeness (QED) is 0.879. The summed E-state index contributed by atoms with van der Waals surface area (Å²) in [5.74, 6) is 0.792. The molecule has 1 aromatic heterocycles. The molecule has 1 aliphatic heterocycles. The van der Waals surface area contributed by atoms with Crippen LogP contribution in [0.4, 0.5) is 5.82 Å². The minimum Gasteiger partial charge on any atom is -0.373 e. The molecule has 5 nitrogen and oxygen atoms in total. The van der Waals surface area contributed by atoms with Crippen LogP contribution in [0.3, 0.4) is 0 Å². The Morgan fingerprint density at radius 1 is 1.25 bits per heavy atom. The lowest BCUT2D eigenvalue weighted by Crippen LogP contribution is -2.41. The molecule has 2 heterocycles. The number of hydrogen-bond donors (Lipinski definition) is 1. The second-order valence-electron chi connectivity index (χ2n) is 5.59. The molecular weight excluding hydrogens is 302 g/mol. The summed E-state index contributed by atoms with van der Waals surface area (Å²) in [4.78, 5) is 18.7. The van der Waals surface area contributed by atoms with Crippen LogP contribution < -0.4 is 5.32 Å². The third-order valence-electron chi connectivity index (χ3n) is 3.95. The van der Waals surface area contributed by atoms with Crippen LogP contribution in [0.1, 0.15) is 17.4 Å². The van der Waals surface area contributed by atoms with Gasteiger partial charge in [0.05, 0.1) is 18.8 Å². The van der Waals surface area contributed by atoms with Gasteiger partial charge < -0.3 is 15.0 Å². The standard InChI is InChI=1S/C19H21N3O2/c1-20-18-9-5-8-16(21-18)17-14-22(12-13-24-17)19(23)11-10-15-6-3-2-4-7-15/h2-11,17H,12-14H2,1H3,(H,20,21)/b11-10+. The molecule has 0 aliphatic carbocycles. The van der Waals surface area contributed by atoms with E-state index in [2.05, 4.69) is 10.3 Å². The van der Waals surface area contributed by atoms with Crippen LogP contribution in [0.5, 0.6) is 0 Å². The monoisotopic (exact) mass is 323 g/mol. The van der Waals surface area contributed by atoms with Crippen LogP contribution in [0.25, 0.3) is 6.08 Å². The van der Waals surface area contributed by atoms with E-state index < -0.39 is 0 Å². The Bertz CT molecular complexity index is 716. The first-order valence-electron chi connectivity index (χ1n) is 8.04. The van der Waals surface area contributed by atoms with Gasteiger partial charge in [0.2, 0.25) is 5.91 Å². The van der Waals surface area contributed by atoms with Crippen LogP contribution in [0.2, 0.25) is 0 Å². The van der Waals surface area contributed by atoms with Crippen LogP contribution in [-0.4, -0.2) is 42.5 Å². The maximum absolute atomic E-state index is 12.4. The fraction of sp³-hybridized carbons (Fsp3) is 0.263. The van der Waals surface area contributed by atoms with Crippen molar-refractivity contribution in [2.45, 2.75) is 6.10 Å². The number of rotatable bonds is 4. The van der Waals surface area contributed by atoms with Crippen molar-refractivity contribution in [3.63, 3.8) is 0 Å². The van der Waals surface area contributed by atoms with Crippen LogP contribution >= 0.6 is 0 Å². The third-order valence-corrected chi connectivity index (χ3v) is 3.95. The molecule has 124 valence electrons. The molecule has 0 bridgehead atoms. The van der Waals surface area contributed by atoms with E-state index in [0.29, 0.717) is 19.7 Å². The Morgan fingerprint density at radius 2 is 2.08 bits per heavy atom. The first-order chi connectivity index (χ1) is 11.8. The lowest BCUT2D eigenvalue weighted by Gasteiger charge is -2.32. The van der Waals surface area contributed by atoms with E-state index in [1.54, 1.807) is 11.0 Å². The van der Waals surface area contributed by atoms with E-state index in [4.69, 9.17) is 4.74 Å². The number of pyridine rings is 1. The lowest BCUT2D eigenvalue weighted by atomic mass is 10.1. The van der Waals surface area contributed by atoms with Gasteiger partial charge in [-0.25, -0.2) is 4.98 Å². The van der Waals surface area contributed by atoms with Crippen LogP contribution in [0.15, 0.2) is 54.6 Å². The predicted molar refractivity (Wildman–Crippen MR) is 94.5 cm³/mol. The molecule has 0 spiro atoms. The summed E-state index contributed by atoms with van der Waals surface area (Å²) in [6, 6.07) is 15.6. The number of morpholine rings is 1. The van der Waals surface area contributed by atoms with Crippen molar-refractivity contribution < 1.29 is 9.53 Å². The number of aromatic nitrogens is 1. The number of nitrogens with one attached hydrogen (secondary N) is 1. The summed E-state index contributed by atoms with van der Waals surface area (Å²) in [7, 11) is 1.83. The summed E-state index contributed by atoms with van der Waals surface area (Å²) < 4.78 is 5.80. The molecule has 1 saturated heterocycles. The molecule has 24 heavy (non-hydrogen) atoms. The van der Waals surface area contributed by atoms with E-state index in [-0.39, 0.29) is 12.0 Å². The Labute approximate surface area is 142 Å². The lowest BCUT2D eigenvalue weighted by molar-refractivity contribution is -0.133. The van der Waals surface area contributed by atoms with Crippen molar-refractivity contribution in [2.75, 3.05) is 32.1 Å². The maximum atomic E-state index is 12.4. The molecule has 2 aromatic rings. The topological polar surface area (TPSA) is 54.5 Å². The van der Waals surface area contributed by atoms with Gasteiger partial charge in [0.1, 0.15) is 11.9 Å². The van der Waals surface area contributed by atoms with E-state index in [9.17, 15) is 4.79 Å². The Kier molecular flexibility index (Phi) is 5.23. The van der Waals surface area contributed by atoms with Gasteiger partial charge in [-0.05, 0) is 23.8 Å².